The van der Waals surface area contributed by atoms with E-state index in [0.29, 0.717) is 24.5 Å². The number of amides is 2. The summed E-state index contributed by atoms with van der Waals surface area (Å²) in [5, 5.41) is 2.99. The Labute approximate surface area is 116 Å². The van der Waals surface area contributed by atoms with E-state index in [4.69, 9.17) is 4.74 Å². The van der Waals surface area contributed by atoms with E-state index in [0.717, 1.165) is 12.8 Å². The summed E-state index contributed by atoms with van der Waals surface area (Å²) in [5.74, 6) is 0.0727. The molecular weight excluding hydrogens is 300 g/mol. The average molecular weight is 321 g/mol. The third-order valence-electron chi connectivity index (χ3n) is 2.44. The second-order valence-corrected chi connectivity index (χ2v) is 5.94. The Hall–Kier alpha value is -0.780. The van der Waals surface area contributed by atoms with Gasteiger partial charge in [-0.15, -0.1) is 0 Å². The Morgan fingerprint density at radius 2 is 2.00 bits per heavy atom. The summed E-state index contributed by atoms with van der Waals surface area (Å²) in [6.07, 6.45) is 1.68. The highest BCUT2D eigenvalue weighted by atomic mass is 79.9. The third-order valence-corrected chi connectivity index (χ3v) is 2.92. The second kappa shape index (κ2) is 6.41. The maximum atomic E-state index is 11.6. The Balaban J connectivity index is 2.27. The molecule has 0 aliphatic heterocycles. The first-order chi connectivity index (χ1) is 8.33. The van der Waals surface area contributed by atoms with Gasteiger partial charge < -0.3 is 15.0 Å². The summed E-state index contributed by atoms with van der Waals surface area (Å²) in [6, 6.07) is 0.357. The molecule has 18 heavy (non-hydrogen) atoms. The highest BCUT2D eigenvalue weighted by Gasteiger charge is 2.31. The predicted molar refractivity (Wildman–Crippen MR) is 72.8 cm³/mol. The van der Waals surface area contributed by atoms with E-state index in [2.05, 4.69) is 21.2 Å². The molecule has 1 saturated carbocycles. The van der Waals surface area contributed by atoms with Crippen LogP contribution in [0, 0.1) is 0 Å². The molecule has 1 aliphatic rings. The van der Waals surface area contributed by atoms with Crippen molar-refractivity contribution in [2.45, 2.75) is 45.3 Å². The summed E-state index contributed by atoms with van der Waals surface area (Å²) in [7, 11) is 0. The van der Waals surface area contributed by atoms with Crippen LogP contribution in [0.5, 0.6) is 0 Å². The molecule has 0 unspecified atom stereocenters. The van der Waals surface area contributed by atoms with Gasteiger partial charge in [0.25, 0.3) is 0 Å². The summed E-state index contributed by atoms with van der Waals surface area (Å²) in [5.41, 5.74) is -0.494. The van der Waals surface area contributed by atoms with Gasteiger partial charge >= 0.3 is 6.09 Å². The van der Waals surface area contributed by atoms with E-state index in [9.17, 15) is 9.59 Å². The fourth-order valence-corrected chi connectivity index (χ4v) is 1.89. The number of hydrogen-bond acceptors (Lipinski definition) is 3. The normalized spacial score (nSPS) is 15.1. The van der Waals surface area contributed by atoms with Crippen LogP contribution in [0.15, 0.2) is 0 Å². The standard InChI is InChI=1S/C12H21BrN2O3/c1-12(2,3)18-11(17)14-6-7-15(9-4-5-9)10(16)8-13/h9H,4-8H2,1-3H3,(H,14,17). The molecular formula is C12H21BrN2O3. The molecule has 0 heterocycles. The van der Waals surface area contributed by atoms with Gasteiger partial charge in [-0.3, -0.25) is 4.79 Å². The number of nitrogens with zero attached hydrogens (tertiary/aromatic N) is 1. The first kappa shape index (κ1) is 15.3. The maximum Gasteiger partial charge on any atom is 0.407 e. The topological polar surface area (TPSA) is 58.6 Å². The van der Waals surface area contributed by atoms with Crippen LogP contribution in [0.1, 0.15) is 33.6 Å². The smallest absolute Gasteiger partial charge is 0.407 e. The van der Waals surface area contributed by atoms with Crippen molar-refractivity contribution < 1.29 is 14.3 Å². The van der Waals surface area contributed by atoms with Crippen LogP contribution in [-0.2, 0) is 9.53 Å². The summed E-state index contributed by atoms with van der Waals surface area (Å²) in [6.45, 7) is 6.41. The highest BCUT2D eigenvalue weighted by Crippen LogP contribution is 2.26. The van der Waals surface area contributed by atoms with Gasteiger partial charge in [0.15, 0.2) is 0 Å². The molecule has 0 aromatic carbocycles. The van der Waals surface area contributed by atoms with Crippen LogP contribution >= 0.6 is 15.9 Å². The number of ether oxygens (including phenoxy) is 1. The van der Waals surface area contributed by atoms with E-state index in [-0.39, 0.29) is 5.91 Å². The first-order valence-corrected chi connectivity index (χ1v) is 7.28. The Morgan fingerprint density at radius 1 is 1.39 bits per heavy atom. The van der Waals surface area contributed by atoms with Gasteiger partial charge in [-0.1, -0.05) is 15.9 Å². The highest BCUT2D eigenvalue weighted by molar-refractivity contribution is 9.09. The monoisotopic (exact) mass is 320 g/mol. The quantitative estimate of drug-likeness (QED) is 0.787. The van der Waals surface area contributed by atoms with Crippen LogP contribution in [0.25, 0.3) is 0 Å². The Kier molecular flexibility index (Phi) is 5.44. The van der Waals surface area contributed by atoms with Crippen LogP contribution < -0.4 is 5.32 Å². The van der Waals surface area contributed by atoms with Gasteiger partial charge in [-0.25, -0.2) is 4.79 Å². The van der Waals surface area contributed by atoms with E-state index in [1.54, 1.807) is 0 Å². The Morgan fingerprint density at radius 3 is 2.44 bits per heavy atom. The van der Waals surface area contributed by atoms with Crippen LogP contribution in [-0.4, -0.2) is 47.0 Å². The molecule has 0 saturated heterocycles. The third kappa shape index (κ3) is 5.71. The molecule has 0 bridgehead atoms. The zero-order valence-corrected chi connectivity index (χ0v) is 12.7. The molecule has 0 atom stereocenters. The van der Waals surface area contributed by atoms with Gasteiger partial charge in [-0.05, 0) is 33.6 Å². The van der Waals surface area contributed by atoms with E-state index in [1.165, 1.54) is 0 Å². The number of nitrogens with one attached hydrogen (secondary N) is 1. The van der Waals surface area contributed by atoms with Gasteiger partial charge in [0.1, 0.15) is 5.60 Å². The van der Waals surface area contributed by atoms with Crippen LogP contribution in [0.2, 0.25) is 0 Å². The largest absolute Gasteiger partial charge is 0.444 e. The van der Waals surface area contributed by atoms with Crippen molar-refractivity contribution in [3.05, 3.63) is 0 Å². The number of rotatable bonds is 5. The number of alkyl carbamates (subject to hydrolysis) is 1. The molecule has 0 aromatic heterocycles. The maximum absolute atomic E-state index is 11.6. The minimum absolute atomic E-state index is 0.0727. The van der Waals surface area contributed by atoms with E-state index >= 15 is 0 Å². The number of alkyl halides is 1. The summed E-state index contributed by atoms with van der Waals surface area (Å²) in [4.78, 5) is 24.9. The first-order valence-electron chi connectivity index (χ1n) is 6.16. The Bertz CT molecular complexity index is 311. The van der Waals surface area contributed by atoms with Crippen LogP contribution in [0.4, 0.5) is 4.79 Å². The zero-order chi connectivity index (χ0) is 13.8. The van der Waals surface area contributed by atoms with Crippen molar-refractivity contribution in [2.24, 2.45) is 0 Å². The number of hydrogen-bond donors (Lipinski definition) is 1. The van der Waals surface area contributed by atoms with Crippen LogP contribution in [0.3, 0.4) is 0 Å². The fourth-order valence-electron chi connectivity index (χ4n) is 1.57. The lowest BCUT2D eigenvalue weighted by Gasteiger charge is -2.23. The lowest BCUT2D eigenvalue weighted by molar-refractivity contribution is -0.128. The van der Waals surface area contributed by atoms with E-state index in [1.807, 2.05) is 25.7 Å². The molecule has 1 N–H and O–H groups in total. The van der Waals surface area contributed by atoms with Gasteiger partial charge in [0.05, 0.1) is 5.33 Å². The van der Waals surface area contributed by atoms with Crippen molar-refractivity contribution in [1.29, 1.82) is 0 Å². The summed E-state index contributed by atoms with van der Waals surface area (Å²) >= 11 is 3.17. The van der Waals surface area contributed by atoms with Gasteiger partial charge in [-0.2, -0.15) is 0 Å². The average Bonchev–Trinajstić information content (AvgIpc) is 3.04. The lowest BCUT2D eigenvalue weighted by atomic mass is 10.2. The van der Waals surface area contributed by atoms with Crippen molar-refractivity contribution >= 4 is 27.9 Å². The fraction of sp³-hybridized carbons (Fsp3) is 0.833. The van der Waals surface area contributed by atoms with Crippen molar-refractivity contribution in [1.82, 2.24) is 10.2 Å². The zero-order valence-electron chi connectivity index (χ0n) is 11.2. The molecule has 1 fully saturated rings. The molecule has 0 aromatic rings. The predicted octanol–water partition coefficient (Wildman–Crippen LogP) is 1.90. The minimum Gasteiger partial charge on any atom is -0.444 e. The van der Waals surface area contributed by atoms with Crippen molar-refractivity contribution in [2.75, 3.05) is 18.4 Å². The van der Waals surface area contributed by atoms with E-state index < -0.39 is 11.7 Å². The van der Waals surface area contributed by atoms with Crippen molar-refractivity contribution in [3.63, 3.8) is 0 Å². The number of carbonyl (C=O) groups excluding carboxylic acids is 2. The number of halogens is 1. The number of carbonyl (C=O) groups is 2. The summed E-state index contributed by atoms with van der Waals surface area (Å²) < 4.78 is 5.12. The van der Waals surface area contributed by atoms with Gasteiger partial charge in [0.2, 0.25) is 5.91 Å². The van der Waals surface area contributed by atoms with Gasteiger partial charge in [0, 0.05) is 19.1 Å². The molecule has 5 nitrogen and oxygen atoms in total. The minimum atomic E-state index is -0.494. The molecule has 2 amide bonds. The molecule has 0 radical (unpaired) electrons. The lowest BCUT2D eigenvalue weighted by Crippen LogP contribution is -2.41. The second-order valence-electron chi connectivity index (χ2n) is 5.38. The molecule has 0 spiro atoms. The molecule has 6 heteroatoms. The van der Waals surface area contributed by atoms with Crippen molar-refractivity contribution in [3.8, 4) is 0 Å². The molecule has 1 rings (SSSR count). The molecule has 1 aliphatic carbocycles. The SMILES string of the molecule is CC(C)(C)OC(=O)NCCN(C(=O)CBr)C1CC1. The molecule has 104 valence electrons.